The van der Waals surface area contributed by atoms with E-state index in [-0.39, 0.29) is 5.91 Å². The molecule has 0 saturated carbocycles. The van der Waals surface area contributed by atoms with Crippen molar-refractivity contribution in [1.29, 1.82) is 0 Å². The largest absolute Gasteiger partial charge is 0.356 e. The predicted molar refractivity (Wildman–Crippen MR) is 64.4 cm³/mol. The number of nitrogens with zero attached hydrogens (tertiary/aromatic N) is 2. The fourth-order valence-corrected chi connectivity index (χ4v) is 1.82. The van der Waals surface area contributed by atoms with Gasteiger partial charge in [-0.3, -0.25) is 9.89 Å². The molecule has 0 unspecified atom stereocenters. The third-order valence-corrected chi connectivity index (χ3v) is 2.83. The van der Waals surface area contributed by atoms with Crippen LogP contribution in [-0.4, -0.2) is 33.4 Å². The van der Waals surface area contributed by atoms with E-state index in [1.54, 1.807) is 0 Å². The molecule has 1 aromatic heterocycles. The summed E-state index contributed by atoms with van der Waals surface area (Å²) in [5.74, 6) is 1.30. The van der Waals surface area contributed by atoms with Gasteiger partial charge in [0.2, 0.25) is 11.1 Å². The van der Waals surface area contributed by atoms with E-state index >= 15 is 0 Å². The standard InChI is InChI=1S/C10H18N4OS/c1-3-5-6-8-12-10(14-13-8)16-7-9(15)11-4-2/h3-7H2,1-2H3,(H,11,15)(H,12,13,14). The Labute approximate surface area is 99.8 Å². The van der Waals surface area contributed by atoms with Gasteiger partial charge in [-0.05, 0) is 13.3 Å². The molecular weight excluding hydrogens is 224 g/mol. The van der Waals surface area contributed by atoms with Crippen molar-refractivity contribution in [2.75, 3.05) is 12.3 Å². The van der Waals surface area contributed by atoms with Crippen LogP contribution in [-0.2, 0) is 11.2 Å². The smallest absolute Gasteiger partial charge is 0.230 e. The first-order valence-electron chi connectivity index (χ1n) is 5.57. The highest BCUT2D eigenvalue weighted by Gasteiger charge is 2.06. The van der Waals surface area contributed by atoms with Gasteiger partial charge in [-0.25, -0.2) is 4.98 Å². The second-order valence-corrected chi connectivity index (χ2v) is 4.35. The molecule has 1 rings (SSSR count). The van der Waals surface area contributed by atoms with Crippen LogP contribution in [0.5, 0.6) is 0 Å². The Bertz CT molecular complexity index is 326. The van der Waals surface area contributed by atoms with Crippen LogP contribution in [0, 0.1) is 0 Å². The first-order chi connectivity index (χ1) is 7.76. The zero-order valence-corrected chi connectivity index (χ0v) is 10.6. The minimum Gasteiger partial charge on any atom is -0.356 e. The average Bonchev–Trinajstić information content (AvgIpc) is 2.72. The van der Waals surface area contributed by atoms with Crippen LogP contribution in [0.4, 0.5) is 0 Å². The summed E-state index contributed by atoms with van der Waals surface area (Å²) < 4.78 is 0. The van der Waals surface area contributed by atoms with Crippen LogP contribution in [0.3, 0.4) is 0 Å². The van der Waals surface area contributed by atoms with Crippen LogP contribution in [0.1, 0.15) is 32.5 Å². The van der Waals surface area contributed by atoms with E-state index in [1.165, 1.54) is 11.8 Å². The van der Waals surface area contributed by atoms with Gasteiger partial charge in [0.15, 0.2) is 0 Å². The second-order valence-electron chi connectivity index (χ2n) is 3.41. The molecule has 1 amide bonds. The summed E-state index contributed by atoms with van der Waals surface area (Å²) in [6.07, 6.45) is 3.17. The van der Waals surface area contributed by atoms with Crippen molar-refractivity contribution in [3.8, 4) is 0 Å². The molecule has 0 aliphatic rings. The molecule has 0 atom stereocenters. The molecule has 0 saturated heterocycles. The second kappa shape index (κ2) is 7.27. The number of nitrogens with one attached hydrogen (secondary N) is 2. The molecule has 0 radical (unpaired) electrons. The lowest BCUT2D eigenvalue weighted by atomic mass is 10.2. The predicted octanol–water partition coefficient (Wildman–Crippen LogP) is 1.38. The van der Waals surface area contributed by atoms with E-state index in [9.17, 15) is 4.79 Å². The number of hydrogen-bond acceptors (Lipinski definition) is 4. The SMILES string of the molecule is CCCCc1nc(SCC(=O)NCC)n[nH]1. The highest BCUT2D eigenvalue weighted by Crippen LogP contribution is 2.12. The van der Waals surface area contributed by atoms with Crippen LogP contribution in [0.2, 0.25) is 0 Å². The Morgan fingerprint density at radius 2 is 2.31 bits per heavy atom. The fourth-order valence-electron chi connectivity index (χ4n) is 1.18. The van der Waals surface area contributed by atoms with Gasteiger partial charge in [-0.1, -0.05) is 25.1 Å². The lowest BCUT2D eigenvalue weighted by Crippen LogP contribution is -2.24. The summed E-state index contributed by atoms with van der Waals surface area (Å²) in [6.45, 7) is 4.70. The normalized spacial score (nSPS) is 10.4. The maximum atomic E-state index is 11.2. The number of rotatable bonds is 7. The van der Waals surface area contributed by atoms with Crippen molar-refractivity contribution in [1.82, 2.24) is 20.5 Å². The summed E-state index contributed by atoms with van der Waals surface area (Å²) in [6, 6.07) is 0. The fraction of sp³-hybridized carbons (Fsp3) is 0.700. The molecule has 0 aromatic carbocycles. The topological polar surface area (TPSA) is 70.7 Å². The average molecular weight is 242 g/mol. The summed E-state index contributed by atoms with van der Waals surface area (Å²) in [5.41, 5.74) is 0. The van der Waals surface area contributed by atoms with E-state index in [4.69, 9.17) is 0 Å². The Morgan fingerprint density at radius 1 is 1.50 bits per heavy atom. The first kappa shape index (κ1) is 13.0. The molecule has 2 N–H and O–H groups in total. The molecule has 16 heavy (non-hydrogen) atoms. The minimum atomic E-state index is 0.0207. The number of unbranched alkanes of at least 4 members (excludes halogenated alkanes) is 1. The number of carbonyl (C=O) groups is 1. The number of thioether (sulfide) groups is 1. The molecule has 5 nitrogen and oxygen atoms in total. The maximum Gasteiger partial charge on any atom is 0.230 e. The molecule has 6 heteroatoms. The zero-order valence-electron chi connectivity index (χ0n) is 9.75. The van der Waals surface area contributed by atoms with Gasteiger partial charge >= 0.3 is 0 Å². The van der Waals surface area contributed by atoms with Crippen LogP contribution in [0.15, 0.2) is 5.16 Å². The highest BCUT2D eigenvalue weighted by molar-refractivity contribution is 7.99. The van der Waals surface area contributed by atoms with Crippen molar-refractivity contribution >= 4 is 17.7 Å². The number of hydrogen-bond donors (Lipinski definition) is 2. The van der Waals surface area contributed by atoms with E-state index in [2.05, 4.69) is 27.4 Å². The minimum absolute atomic E-state index is 0.0207. The number of H-pyrrole nitrogens is 1. The third-order valence-electron chi connectivity index (χ3n) is 1.98. The number of aryl methyl sites for hydroxylation is 1. The van der Waals surface area contributed by atoms with Crippen molar-refractivity contribution in [3.05, 3.63) is 5.82 Å². The summed E-state index contributed by atoms with van der Waals surface area (Å²) in [5, 5.41) is 10.3. The Morgan fingerprint density at radius 3 is 3.00 bits per heavy atom. The Hall–Kier alpha value is -1.04. The van der Waals surface area contributed by atoms with Crippen molar-refractivity contribution in [2.45, 2.75) is 38.3 Å². The number of carbonyl (C=O) groups excluding carboxylic acids is 1. The Kier molecular flexibility index (Phi) is 5.92. The number of aromatic amines is 1. The molecule has 0 aliphatic heterocycles. The molecule has 0 bridgehead atoms. The van der Waals surface area contributed by atoms with E-state index < -0.39 is 0 Å². The molecule has 1 aromatic rings. The van der Waals surface area contributed by atoms with Crippen LogP contribution >= 0.6 is 11.8 Å². The first-order valence-corrected chi connectivity index (χ1v) is 6.55. The molecule has 0 fully saturated rings. The van der Waals surface area contributed by atoms with E-state index in [0.717, 1.165) is 25.1 Å². The highest BCUT2D eigenvalue weighted by atomic mass is 32.2. The molecular formula is C10H18N4OS. The molecule has 90 valence electrons. The van der Waals surface area contributed by atoms with Gasteiger partial charge < -0.3 is 5.32 Å². The van der Waals surface area contributed by atoms with Gasteiger partial charge in [0.1, 0.15) is 5.82 Å². The molecule has 0 aliphatic carbocycles. The van der Waals surface area contributed by atoms with Crippen molar-refractivity contribution < 1.29 is 4.79 Å². The van der Waals surface area contributed by atoms with Gasteiger partial charge in [0.25, 0.3) is 0 Å². The van der Waals surface area contributed by atoms with Gasteiger partial charge in [-0.15, -0.1) is 5.10 Å². The van der Waals surface area contributed by atoms with Gasteiger partial charge in [0, 0.05) is 13.0 Å². The lowest BCUT2D eigenvalue weighted by Gasteiger charge is -1.98. The number of amides is 1. The quantitative estimate of drug-likeness (QED) is 0.709. The summed E-state index contributed by atoms with van der Waals surface area (Å²) in [4.78, 5) is 15.5. The van der Waals surface area contributed by atoms with Crippen molar-refractivity contribution in [2.24, 2.45) is 0 Å². The molecule has 0 spiro atoms. The van der Waals surface area contributed by atoms with E-state index in [1.807, 2.05) is 6.92 Å². The third kappa shape index (κ3) is 4.65. The zero-order chi connectivity index (χ0) is 11.8. The van der Waals surface area contributed by atoms with Gasteiger partial charge in [-0.2, -0.15) is 0 Å². The summed E-state index contributed by atoms with van der Waals surface area (Å²) in [7, 11) is 0. The van der Waals surface area contributed by atoms with E-state index in [0.29, 0.717) is 17.5 Å². The summed E-state index contributed by atoms with van der Waals surface area (Å²) >= 11 is 1.36. The van der Waals surface area contributed by atoms with Crippen LogP contribution in [0.25, 0.3) is 0 Å². The van der Waals surface area contributed by atoms with Crippen LogP contribution < -0.4 is 5.32 Å². The monoisotopic (exact) mass is 242 g/mol. The maximum absolute atomic E-state index is 11.2. The lowest BCUT2D eigenvalue weighted by molar-refractivity contribution is -0.118. The Balaban J connectivity index is 2.31. The van der Waals surface area contributed by atoms with Gasteiger partial charge in [0.05, 0.1) is 5.75 Å². The van der Waals surface area contributed by atoms with Crippen molar-refractivity contribution in [3.63, 3.8) is 0 Å². The molecule has 1 heterocycles. The number of aromatic nitrogens is 3.